The van der Waals surface area contributed by atoms with Crippen LogP contribution in [0.2, 0.25) is 0 Å². The third-order valence-electron chi connectivity index (χ3n) is 12.8. The van der Waals surface area contributed by atoms with Crippen LogP contribution in [0.3, 0.4) is 0 Å². The predicted octanol–water partition coefficient (Wildman–Crippen LogP) is 6.43. The number of carbonyl (C=O) groups excluding carboxylic acids is 3. The van der Waals surface area contributed by atoms with Crippen molar-refractivity contribution in [3.63, 3.8) is 0 Å². The Hall–Kier alpha value is -3.43. The molecule has 336 valence electrons. The first kappa shape index (κ1) is 49.2. The van der Waals surface area contributed by atoms with E-state index >= 15 is 0 Å². The summed E-state index contributed by atoms with van der Waals surface area (Å²) in [7, 11) is 7.35. The van der Waals surface area contributed by atoms with Crippen molar-refractivity contribution >= 4 is 26.5 Å². The Kier molecular flexibility index (Phi) is 18.1. The molecule has 0 saturated carbocycles. The number of hydrogen-bond donors (Lipinski definition) is 0. The molecule has 0 N–H and O–H groups in total. The molecule has 60 heavy (non-hydrogen) atoms. The van der Waals surface area contributed by atoms with E-state index in [9.17, 15) is 18.9 Å². The van der Waals surface area contributed by atoms with Crippen molar-refractivity contribution in [1.29, 1.82) is 0 Å². The van der Waals surface area contributed by atoms with E-state index in [4.69, 9.17) is 34.0 Å². The lowest BCUT2D eigenvalue weighted by atomic mass is 9.82. The number of hydrogen-bond acceptors (Lipinski definition) is 14. The number of likely N-dealkylation sites (N-methyl/N-ethyl adjacent to an activating group) is 1. The van der Waals surface area contributed by atoms with Gasteiger partial charge in [0.15, 0.2) is 20.4 Å². The number of esters is 2. The summed E-state index contributed by atoms with van der Waals surface area (Å²) in [6, 6.07) is 4.35. The minimum atomic E-state index is -1.26. The molecular formula is C42H68N7O10P. The summed E-state index contributed by atoms with van der Waals surface area (Å²) in [4.78, 5) is 55.2. The molecule has 0 radical (unpaired) electrons. The summed E-state index contributed by atoms with van der Waals surface area (Å²) in [5, 5.41) is 3.65. The number of pyridine rings is 1. The van der Waals surface area contributed by atoms with Gasteiger partial charge in [-0.25, -0.2) is 4.79 Å². The molecule has 0 aliphatic carbocycles. The highest BCUT2D eigenvalue weighted by Gasteiger charge is 2.59. The average Bonchev–Trinajstić information content (AvgIpc) is 3.46. The molecule has 0 bridgehead atoms. The van der Waals surface area contributed by atoms with Gasteiger partial charge in [-0.2, -0.15) is 0 Å². The SMILES string of the molecule is CC[C@H]1OC(=O)[C@H](C)C(OC(=O)Cc2ccccn2)C[C@@H](O[C@@H]2OC(C)CC(N(C)C)C2P=O)[C@](C)(OC)C[C@@H](C)CN(C)[C@H](C)[C@H]2N(CCCCN=[N+]=[N-])C(=O)O[C@]12C. The van der Waals surface area contributed by atoms with Crippen molar-refractivity contribution in [3.05, 3.63) is 40.5 Å². The summed E-state index contributed by atoms with van der Waals surface area (Å²) in [6.07, 6.45) is -0.346. The van der Waals surface area contributed by atoms with Crippen LogP contribution in [0, 0.1) is 11.8 Å². The lowest BCUT2D eigenvalue weighted by molar-refractivity contribution is -0.258. The van der Waals surface area contributed by atoms with E-state index in [1.165, 1.54) is 0 Å². The third kappa shape index (κ3) is 11.9. The largest absolute Gasteiger partial charge is 0.461 e. The van der Waals surface area contributed by atoms with Gasteiger partial charge < -0.3 is 38.2 Å². The number of cyclic esters (lactones) is 1. The summed E-state index contributed by atoms with van der Waals surface area (Å²) < 4.78 is 51.5. The summed E-state index contributed by atoms with van der Waals surface area (Å²) in [5.41, 5.74) is 6.44. The molecule has 4 heterocycles. The van der Waals surface area contributed by atoms with Gasteiger partial charge >= 0.3 is 18.0 Å². The molecule has 4 rings (SSSR count). The quantitative estimate of drug-likeness (QED) is 0.0378. The van der Waals surface area contributed by atoms with Crippen LogP contribution in [0.25, 0.3) is 10.4 Å². The number of unbranched alkanes of at least 4 members (excludes halogenated alkanes) is 1. The molecule has 18 heteroatoms. The van der Waals surface area contributed by atoms with Gasteiger partial charge in [0.1, 0.15) is 17.9 Å². The Morgan fingerprint density at radius 3 is 2.50 bits per heavy atom. The van der Waals surface area contributed by atoms with Crippen LogP contribution in [-0.4, -0.2) is 151 Å². The lowest BCUT2D eigenvalue weighted by Crippen LogP contribution is -2.61. The second-order valence-corrected chi connectivity index (χ2v) is 18.4. The predicted molar refractivity (Wildman–Crippen MR) is 224 cm³/mol. The highest BCUT2D eigenvalue weighted by atomic mass is 31.1. The van der Waals surface area contributed by atoms with Gasteiger partial charge in [0.05, 0.1) is 41.9 Å². The molecular weight excluding hydrogens is 793 g/mol. The minimum Gasteiger partial charge on any atom is -0.461 e. The van der Waals surface area contributed by atoms with Gasteiger partial charge in [0.25, 0.3) is 0 Å². The Labute approximate surface area is 357 Å². The highest BCUT2D eigenvalue weighted by Crippen LogP contribution is 2.42. The van der Waals surface area contributed by atoms with E-state index in [0.717, 1.165) is 0 Å². The molecule has 1 amide bonds. The molecule has 3 aliphatic heterocycles. The van der Waals surface area contributed by atoms with E-state index in [2.05, 4.69) is 26.8 Å². The van der Waals surface area contributed by atoms with Crippen LogP contribution in [0.1, 0.15) is 92.7 Å². The number of amides is 1. The van der Waals surface area contributed by atoms with Gasteiger partial charge in [0.2, 0.25) is 0 Å². The van der Waals surface area contributed by atoms with Gasteiger partial charge in [0, 0.05) is 56.4 Å². The normalized spacial score (nSPS) is 36.1. The van der Waals surface area contributed by atoms with Crippen LogP contribution in [0.15, 0.2) is 29.5 Å². The van der Waals surface area contributed by atoms with Crippen molar-refractivity contribution in [3.8, 4) is 0 Å². The van der Waals surface area contributed by atoms with E-state index in [-0.39, 0.29) is 45.4 Å². The zero-order chi connectivity index (χ0) is 44.4. The molecule has 4 unspecified atom stereocenters. The minimum absolute atomic E-state index is 0.00611. The van der Waals surface area contributed by atoms with Crippen LogP contribution < -0.4 is 0 Å². The van der Waals surface area contributed by atoms with Crippen LogP contribution >= 0.6 is 8.46 Å². The first-order chi connectivity index (χ1) is 28.4. The average molecular weight is 862 g/mol. The van der Waals surface area contributed by atoms with Gasteiger partial charge in [-0.1, -0.05) is 25.0 Å². The van der Waals surface area contributed by atoms with E-state index in [1.54, 1.807) is 43.3 Å². The molecule has 0 aromatic carbocycles. The van der Waals surface area contributed by atoms with Crippen molar-refractivity contribution < 1.29 is 47.4 Å². The van der Waals surface area contributed by atoms with Crippen LogP contribution in [0.5, 0.6) is 0 Å². The topological polar surface area (TPSA) is 195 Å². The van der Waals surface area contributed by atoms with Gasteiger partial charge in [-0.3, -0.25) is 24.0 Å². The standard InChI is InChI=1S/C42H68N7O10P/c1-12-33-42(7)37(49(40(52)59-42)20-16-15-19-45-46-43)29(5)48(10)25-26(2)24-41(6,54-11)34(58-39-36(60-53)31(47(8)9)21-27(3)55-39)23-32(28(4)38(51)57-33)56-35(50)22-30-17-13-14-18-44-30/h13-14,17-18,26-29,31-34,36-37,39H,12,15-16,19-25H2,1-11H3/t26-,27?,28-,29-,31?,32?,33-,34-,36?,37-,39+,41-,42-/m1/s1. The van der Waals surface area contributed by atoms with Crippen molar-refractivity contribution in [2.45, 2.75) is 159 Å². The third-order valence-corrected chi connectivity index (χ3v) is 13.6. The Morgan fingerprint density at radius 2 is 1.88 bits per heavy atom. The molecule has 0 spiro atoms. The lowest BCUT2D eigenvalue weighted by Gasteiger charge is -2.46. The molecule has 3 aliphatic rings. The number of ether oxygens (including phenoxy) is 6. The number of azide groups is 1. The summed E-state index contributed by atoms with van der Waals surface area (Å²) in [5.74, 6) is -2.28. The first-order valence-corrected chi connectivity index (χ1v) is 22.2. The maximum absolute atomic E-state index is 14.5. The number of nitrogens with zero attached hydrogens (tertiary/aromatic N) is 7. The van der Waals surface area contributed by atoms with Crippen LogP contribution in [0.4, 0.5) is 4.79 Å². The molecule has 1 aromatic heterocycles. The second kappa shape index (κ2) is 22.1. The molecule has 17 nitrogen and oxygen atoms in total. The summed E-state index contributed by atoms with van der Waals surface area (Å²) in [6.45, 7) is 14.6. The van der Waals surface area contributed by atoms with E-state index in [0.29, 0.717) is 57.4 Å². The molecule has 1 aromatic rings. The van der Waals surface area contributed by atoms with Crippen molar-refractivity contribution in [1.82, 2.24) is 19.7 Å². The Balaban J connectivity index is 1.81. The first-order valence-electron chi connectivity index (χ1n) is 21.3. The van der Waals surface area contributed by atoms with E-state index in [1.807, 2.05) is 60.7 Å². The number of rotatable bonds is 14. The maximum Gasteiger partial charge on any atom is 0.410 e. The highest BCUT2D eigenvalue weighted by molar-refractivity contribution is 7.25. The number of methoxy groups -OCH3 is 1. The zero-order valence-electron chi connectivity index (χ0n) is 37.4. The maximum atomic E-state index is 14.5. The monoisotopic (exact) mass is 861 g/mol. The smallest absolute Gasteiger partial charge is 0.410 e. The second-order valence-electron chi connectivity index (χ2n) is 17.5. The molecule has 3 saturated heterocycles. The zero-order valence-corrected chi connectivity index (χ0v) is 38.3. The number of aromatic nitrogens is 1. The summed E-state index contributed by atoms with van der Waals surface area (Å²) >= 11 is 0. The fourth-order valence-corrected chi connectivity index (χ4v) is 10.1. The number of carbonyl (C=O) groups is 3. The number of fused-ring (bicyclic) bond motifs is 1. The fourth-order valence-electron chi connectivity index (χ4n) is 9.28. The van der Waals surface area contributed by atoms with Crippen molar-refractivity contribution in [2.24, 2.45) is 17.0 Å². The molecule has 13 atom stereocenters. The fraction of sp³-hybridized carbons (Fsp3) is 0.810. The van der Waals surface area contributed by atoms with Crippen LogP contribution in [-0.2, 0) is 49.0 Å². The van der Waals surface area contributed by atoms with Crippen molar-refractivity contribution in [2.75, 3.05) is 47.9 Å². The Bertz CT molecular complexity index is 1640. The molecule has 3 fully saturated rings. The van der Waals surface area contributed by atoms with Gasteiger partial charge in [-0.15, -0.1) is 0 Å². The van der Waals surface area contributed by atoms with Gasteiger partial charge in [-0.05, 0) is 111 Å². The Morgan fingerprint density at radius 1 is 1.15 bits per heavy atom. The van der Waals surface area contributed by atoms with E-state index < -0.39 is 71.5 Å².